The molecular formula is C21H25N3O5. The van der Waals surface area contributed by atoms with E-state index >= 15 is 0 Å². The Morgan fingerprint density at radius 2 is 2.10 bits per heavy atom. The molecule has 0 saturated carbocycles. The van der Waals surface area contributed by atoms with E-state index in [0.29, 0.717) is 6.54 Å². The molecule has 2 amide bonds. The SMILES string of the molecule is CC(C)(C)OC(=O)NCC1CN(c2ccc3c(c2)CCCc2cnoc2-3)C(=O)O1. The maximum Gasteiger partial charge on any atom is 0.414 e. The maximum absolute atomic E-state index is 12.4. The van der Waals surface area contributed by atoms with E-state index in [1.54, 1.807) is 31.9 Å². The van der Waals surface area contributed by atoms with Gasteiger partial charge in [-0.05, 0) is 63.8 Å². The Hall–Kier alpha value is -3.03. The molecule has 29 heavy (non-hydrogen) atoms. The van der Waals surface area contributed by atoms with Gasteiger partial charge < -0.3 is 19.3 Å². The van der Waals surface area contributed by atoms with Gasteiger partial charge >= 0.3 is 12.2 Å². The quantitative estimate of drug-likeness (QED) is 0.846. The van der Waals surface area contributed by atoms with Crippen LogP contribution in [0, 0.1) is 0 Å². The number of carbonyl (C=O) groups excluding carboxylic acids is 2. The van der Waals surface area contributed by atoms with Crippen molar-refractivity contribution in [3.8, 4) is 11.3 Å². The van der Waals surface area contributed by atoms with Crippen molar-refractivity contribution in [1.82, 2.24) is 10.5 Å². The molecule has 1 unspecified atom stereocenters. The topological polar surface area (TPSA) is 93.9 Å². The Morgan fingerprint density at radius 1 is 1.31 bits per heavy atom. The number of anilines is 1. The number of hydrogen-bond acceptors (Lipinski definition) is 6. The van der Waals surface area contributed by atoms with Crippen molar-refractivity contribution < 1.29 is 23.6 Å². The van der Waals surface area contributed by atoms with E-state index in [1.807, 2.05) is 18.2 Å². The molecule has 0 radical (unpaired) electrons. The summed E-state index contributed by atoms with van der Waals surface area (Å²) in [5.74, 6) is 0.812. The lowest BCUT2D eigenvalue weighted by molar-refractivity contribution is 0.0496. The lowest BCUT2D eigenvalue weighted by Gasteiger charge is -2.20. The zero-order valence-corrected chi connectivity index (χ0v) is 16.9. The Morgan fingerprint density at radius 3 is 2.90 bits per heavy atom. The van der Waals surface area contributed by atoms with Gasteiger partial charge in [0.2, 0.25) is 0 Å². The van der Waals surface area contributed by atoms with E-state index in [0.717, 1.165) is 47.4 Å². The van der Waals surface area contributed by atoms with Gasteiger partial charge in [0.05, 0.1) is 19.3 Å². The fourth-order valence-electron chi connectivity index (χ4n) is 3.66. The molecule has 2 aliphatic rings. The van der Waals surface area contributed by atoms with Gasteiger partial charge in [-0.1, -0.05) is 5.16 Å². The average molecular weight is 399 g/mol. The third-order valence-electron chi connectivity index (χ3n) is 4.93. The molecule has 154 valence electrons. The van der Waals surface area contributed by atoms with Crippen molar-refractivity contribution in [2.75, 3.05) is 18.0 Å². The summed E-state index contributed by atoms with van der Waals surface area (Å²) in [6.45, 7) is 5.95. The van der Waals surface area contributed by atoms with Gasteiger partial charge in [0.15, 0.2) is 5.76 Å². The number of ether oxygens (including phenoxy) is 2. The van der Waals surface area contributed by atoms with Gasteiger partial charge in [-0.2, -0.15) is 0 Å². The summed E-state index contributed by atoms with van der Waals surface area (Å²) in [6, 6.07) is 5.87. The van der Waals surface area contributed by atoms with Gasteiger partial charge in [0.1, 0.15) is 11.7 Å². The standard InChI is InChI=1S/C21H25N3O5/c1-21(2,3)28-19(25)22-11-16-12-24(20(26)27-16)15-7-8-17-13(9-15)5-4-6-14-10-23-29-18(14)17/h7-10,16H,4-6,11-12H2,1-3H3,(H,22,25). The number of hydrogen-bond donors (Lipinski definition) is 1. The summed E-state index contributed by atoms with van der Waals surface area (Å²) in [5.41, 5.74) is 3.46. The fraction of sp³-hybridized carbons (Fsp3) is 0.476. The molecule has 1 aliphatic carbocycles. The highest BCUT2D eigenvalue weighted by Crippen LogP contribution is 2.35. The average Bonchev–Trinajstić information content (AvgIpc) is 3.21. The second-order valence-electron chi connectivity index (χ2n) is 8.37. The number of nitrogens with one attached hydrogen (secondary N) is 1. The molecule has 0 spiro atoms. The Kier molecular flexibility index (Phi) is 4.94. The first-order valence-corrected chi connectivity index (χ1v) is 9.82. The van der Waals surface area contributed by atoms with E-state index in [1.165, 1.54) is 0 Å². The van der Waals surface area contributed by atoms with Crippen LogP contribution in [-0.4, -0.2) is 42.1 Å². The number of amides is 2. The van der Waals surface area contributed by atoms with Crippen LogP contribution < -0.4 is 10.2 Å². The number of fused-ring (bicyclic) bond motifs is 3. The molecule has 8 heteroatoms. The predicted octanol–water partition coefficient (Wildman–Crippen LogP) is 3.68. The second kappa shape index (κ2) is 7.42. The van der Waals surface area contributed by atoms with Gasteiger partial charge in [0.25, 0.3) is 0 Å². The van der Waals surface area contributed by atoms with Crippen molar-refractivity contribution in [3.63, 3.8) is 0 Å². The van der Waals surface area contributed by atoms with Crippen LogP contribution in [0.2, 0.25) is 0 Å². The molecule has 1 atom stereocenters. The Balaban J connectivity index is 1.44. The number of nitrogens with zero attached hydrogens (tertiary/aromatic N) is 2. The lowest BCUT2D eigenvalue weighted by Crippen LogP contribution is -2.38. The summed E-state index contributed by atoms with van der Waals surface area (Å²) in [7, 11) is 0. The van der Waals surface area contributed by atoms with Crippen molar-refractivity contribution in [2.45, 2.75) is 51.7 Å². The van der Waals surface area contributed by atoms with Crippen molar-refractivity contribution in [1.29, 1.82) is 0 Å². The first-order chi connectivity index (χ1) is 13.8. The molecular weight excluding hydrogens is 374 g/mol. The van der Waals surface area contributed by atoms with Crippen molar-refractivity contribution in [2.24, 2.45) is 0 Å². The number of carbonyl (C=O) groups is 2. The summed E-state index contributed by atoms with van der Waals surface area (Å²) < 4.78 is 16.1. The Labute approximate surface area is 169 Å². The molecule has 1 N–H and O–H groups in total. The number of benzene rings is 1. The minimum Gasteiger partial charge on any atom is -0.444 e. The number of cyclic esters (lactones) is 1. The van der Waals surface area contributed by atoms with E-state index in [-0.39, 0.29) is 6.54 Å². The second-order valence-corrected chi connectivity index (χ2v) is 8.37. The monoisotopic (exact) mass is 399 g/mol. The normalized spacial score (nSPS) is 18.5. The summed E-state index contributed by atoms with van der Waals surface area (Å²) in [5, 5.41) is 6.57. The highest BCUT2D eigenvalue weighted by Gasteiger charge is 2.33. The van der Waals surface area contributed by atoms with Crippen LogP contribution in [0.3, 0.4) is 0 Å². The zero-order chi connectivity index (χ0) is 20.6. The summed E-state index contributed by atoms with van der Waals surface area (Å²) >= 11 is 0. The molecule has 1 aliphatic heterocycles. The van der Waals surface area contributed by atoms with E-state index < -0.39 is 23.9 Å². The molecule has 2 aromatic rings. The molecule has 1 fully saturated rings. The summed E-state index contributed by atoms with van der Waals surface area (Å²) in [6.07, 6.45) is 3.22. The molecule has 0 bridgehead atoms. The molecule has 4 rings (SSSR count). The number of aryl methyl sites for hydroxylation is 2. The highest BCUT2D eigenvalue weighted by molar-refractivity contribution is 5.90. The van der Waals surface area contributed by atoms with Crippen LogP contribution in [0.4, 0.5) is 15.3 Å². The largest absolute Gasteiger partial charge is 0.444 e. The van der Waals surface area contributed by atoms with Crippen LogP contribution in [-0.2, 0) is 22.3 Å². The molecule has 1 saturated heterocycles. The molecule has 2 heterocycles. The predicted molar refractivity (Wildman–Crippen MR) is 106 cm³/mol. The van der Waals surface area contributed by atoms with Gasteiger partial charge in [-0.25, -0.2) is 9.59 Å². The van der Waals surface area contributed by atoms with Crippen LogP contribution in [0.5, 0.6) is 0 Å². The number of rotatable bonds is 3. The number of alkyl carbamates (subject to hydrolysis) is 1. The lowest BCUT2D eigenvalue weighted by atomic mass is 10.0. The smallest absolute Gasteiger partial charge is 0.414 e. The van der Waals surface area contributed by atoms with Crippen LogP contribution >= 0.6 is 0 Å². The zero-order valence-electron chi connectivity index (χ0n) is 16.9. The van der Waals surface area contributed by atoms with E-state index in [9.17, 15) is 9.59 Å². The van der Waals surface area contributed by atoms with Crippen LogP contribution in [0.1, 0.15) is 38.3 Å². The third-order valence-corrected chi connectivity index (χ3v) is 4.93. The number of aromatic nitrogens is 1. The van der Waals surface area contributed by atoms with Crippen molar-refractivity contribution >= 4 is 17.9 Å². The van der Waals surface area contributed by atoms with Gasteiger partial charge in [-0.15, -0.1) is 0 Å². The van der Waals surface area contributed by atoms with E-state index in [2.05, 4.69) is 10.5 Å². The minimum atomic E-state index is -0.576. The molecule has 1 aromatic heterocycles. The summed E-state index contributed by atoms with van der Waals surface area (Å²) in [4.78, 5) is 25.8. The van der Waals surface area contributed by atoms with E-state index in [4.69, 9.17) is 14.0 Å². The maximum atomic E-state index is 12.4. The molecule has 1 aromatic carbocycles. The van der Waals surface area contributed by atoms with Crippen LogP contribution in [0.25, 0.3) is 11.3 Å². The first-order valence-electron chi connectivity index (χ1n) is 9.82. The Bertz CT molecular complexity index is 931. The highest BCUT2D eigenvalue weighted by atomic mass is 16.6. The van der Waals surface area contributed by atoms with Crippen LogP contribution in [0.15, 0.2) is 28.9 Å². The minimum absolute atomic E-state index is 0.198. The van der Waals surface area contributed by atoms with Gasteiger partial charge in [0, 0.05) is 16.8 Å². The van der Waals surface area contributed by atoms with Crippen molar-refractivity contribution in [3.05, 3.63) is 35.5 Å². The molecule has 8 nitrogen and oxygen atoms in total. The first kappa shape index (κ1) is 19.3. The third kappa shape index (κ3) is 4.21. The van der Waals surface area contributed by atoms with Gasteiger partial charge in [-0.3, -0.25) is 4.90 Å². The fourth-order valence-corrected chi connectivity index (χ4v) is 3.66.